The molecule has 0 aromatic rings. The molecule has 4 aliphatic carbocycles. The average Bonchev–Trinajstić information content (AvgIpc) is 2.81. The first-order chi connectivity index (χ1) is 6.34. The first-order valence-corrected chi connectivity index (χ1v) is 5.96. The first kappa shape index (κ1) is 7.28. The highest BCUT2D eigenvalue weighted by Crippen LogP contribution is 2.63. The Balaban J connectivity index is 1.71. The van der Waals surface area contributed by atoms with Gasteiger partial charge in [0.1, 0.15) is 0 Å². The lowest BCUT2D eigenvalue weighted by atomic mass is 9.49. The van der Waals surface area contributed by atoms with Crippen LogP contribution in [-0.2, 0) is 4.74 Å². The zero-order valence-electron chi connectivity index (χ0n) is 8.17. The van der Waals surface area contributed by atoms with Gasteiger partial charge in [0, 0.05) is 0 Å². The maximum absolute atomic E-state index is 5.59. The van der Waals surface area contributed by atoms with Gasteiger partial charge in [-0.15, -0.1) is 0 Å². The standard InChI is InChI=1S/C12H18O/c1-8-2-10-3-9(1)5-12(4-8,6-10)11-7-13-11/h8-11H,1-7H2/t8?,9?,10?,11-,12?/m1/s1. The zero-order valence-corrected chi connectivity index (χ0v) is 8.17. The molecule has 1 atom stereocenters. The summed E-state index contributed by atoms with van der Waals surface area (Å²) in [4.78, 5) is 0. The van der Waals surface area contributed by atoms with Crippen LogP contribution in [-0.4, -0.2) is 12.7 Å². The Hall–Kier alpha value is -0.0400. The highest BCUT2D eigenvalue weighted by molar-refractivity contribution is 5.07. The average molecular weight is 178 g/mol. The van der Waals surface area contributed by atoms with Crippen LogP contribution in [0.15, 0.2) is 0 Å². The third-order valence-corrected chi connectivity index (χ3v) is 5.10. The summed E-state index contributed by atoms with van der Waals surface area (Å²) < 4.78 is 5.59. The molecule has 72 valence electrons. The van der Waals surface area contributed by atoms with E-state index in [-0.39, 0.29) is 0 Å². The van der Waals surface area contributed by atoms with Gasteiger partial charge in [-0.05, 0) is 61.7 Å². The van der Waals surface area contributed by atoms with E-state index in [2.05, 4.69) is 0 Å². The fraction of sp³-hybridized carbons (Fsp3) is 1.00. The number of hydrogen-bond donors (Lipinski definition) is 0. The molecule has 5 rings (SSSR count). The maximum Gasteiger partial charge on any atom is 0.0866 e. The van der Waals surface area contributed by atoms with Crippen LogP contribution >= 0.6 is 0 Å². The van der Waals surface area contributed by atoms with Crippen LogP contribution in [0.3, 0.4) is 0 Å². The lowest BCUT2D eigenvalue weighted by Crippen LogP contribution is -2.48. The van der Waals surface area contributed by atoms with Crippen molar-refractivity contribution >= 4 is 0 Å². The smallest absolute Gasteiger partial charge is 0.0866 e. The maximum atomic E-state index is 5.59. The second-order valence-corrected chi connectivity index (χ2v) is 6.10. The van der Waals surface area contributed by atoms with Crippen LogP contribution in [0.1, 0.15) is 38.5 Å². The molecule has 1 aliphatic heterocycles. The summed E-state index contributed by atoms with van der Waals surface area (Å²) in [7, 11) is 0. The molecule has 0 aromatic carbocycles. The molecule has 4 bridgehead atoms. The van der Waals surface area contributed by atoms with E-state index in [0.717, 1.165) is 24.4 Å². The highest BCUT2D eigenvalue weighted by Gasteiger charge is 2.57. The van der Waals surface area contributed by atoms with Gasteiger partial charge in [0.15, 0.2) is 0 Å². The summed E-state index contributed by atoms with van der Waals surface area (Å²) in [6, 6.07) is 0. The van der Waals surface area contributed by atoms with E-state index in [9.17, 15) is 0 Å². The molecule has 0 amide bonds. The van der Waals surface area contributed by atoms with E-state index in [1.807, 2.05) is 0 Å². The lowest BCUT2D eigenvalue weighted by molar-refractivity contribution is -0.0668. The monoisotopic (exact) mass is 178 g/mol. The van der Waals surface area contributed by atoms with E-state index in [4.69, 9.17) is 4.74 Å². The van der Waals surface area contributed by atoms with Crippen molar-refractivity contribution < 1.29 is 4.74 Å². The van der Waals surface area contributed by atoms with Crippen molar-refractivity contribution in [2.75, 3.05) is 6.61 Å². The minimum atomic E-state index is 0.689. The Morgan fingerprint density at radius 2 is 1.31 bits per heavy atom. The third kappa shape index (κ3) is 0.918. The van der Waals surface area contributed by atoms with Crippen molar-refractivity contribution in [3.8, 4) is 0 Å². The van der Waals surface area contributed by atoms with Crippen molar-refractivity contribution in [2.24, 2.45) is 23.2 Å². The lowest BCUT2D eigenvalue weighted by Gasteiger charge is -2.56. The second-order valence-electron chi connectivity index (χ2n) is 6.10. The summed E-state index contributed by atoms with van der Waals surface area (Å²) in [5.41, 5.74) is 0.689. The van der Waals surface area contributed by atoms with Crippen molar-refractivity contribution in [3.05, 3.63) is 0 Å². The van der Waals surface area contributed by atoms with Gasteiger partial charge in [-0.2, -0.15) is 0 Å². The molecule has 5 aliphatic rings. The van der Waals surface area contributed by atoms with Crippen LogP contribution in [0.5, 0.6) is 0 Å². The second kappa shape index (κ2) is 2.13. The summed E-state index contributed by atoms with van der Waals surface area (Å²) in [5, 5.41) is 0. The van der Waals surface area contributed by atoms with Crippen molar-refractivity contribution in [1.29, 1.82) is 0 Å². The van der Waals surface area contributed by atoms with Crippen molar-refractivity contribution in [1.82, 2.24) is 0 Å². The van der Waals surface area contributed by atoms with Gasteiger partial charge in [0.05, 0.1) is 12.7 Å². The van der Waals surface area contributed by atoms with Gasteiger partial charge in [0.2, 0.25) is 0 Å². The van der Waals surface area contributed by atoms with Crippen LogP contribution < -0.4 is 0 Å². The summed E-state index contributed by atoms with van der Waals surface area (Å²) >= 11 is 0. The molecule has 1 heteroatoms. The van der Waals surface area contributed by atoms with Crippen LogP contribution in [0.2, 0.25) is 0 Å². The number of ether oxygens (including phenoxy) is 1. The molecular weight excluding hydrogens is 160 g/mol. The molecule has 0 N–H and O–H groups in total. The summed E-state index contributed by atoms with van der Waals surface area (Å²) in [6.45, 7) is 1.09. The Morgan fingerprint density at radius 3 is 1.69 bits per heavy atom. The van der Waals surface area contributed by atoms with E-state index in [1.54, 1.807) is 19.3 Å². The predicted molar refractivity (Wildman–Crippen MR) is 50.3 cm³/mol. The van der Waals surface area contributed by atoms with Gasteiger partial charge in [-0.3, -0.25) is 0 Å². The minimum absolute atomic E-state index is 0.689. The Morgan fingerprint density at radius 1 is 0.846 bits per heavy atom. The molecule has 0 aromatic heterocycles. The van der Waals surface area contributed by atoms with Gasteiger partial charge >= 0.3 is 0 Å². The number of hydrogen-bond acceptors (Lipinski definition) is 1. The Bertz CT molecular complexity index is 206. The summed E-state index contributed by atoms with van der Waals surface area (Å²) in [6.07, 6.45) is 9.93. The van der Waals surface area contributed by atoms with E-state index >= 15 is 0 Å². The molecule has 0 unspecified atom stereocenters. The first-order valence-electron chi connectivity index (χ1n) is 5.96. The molecule has 1 saturated heterocycles. The molecule has 0 radical (unpaired) electrons. The molecule has 4 saturated carbocycles. The topological polar surface area (TPSA) is 12.5 Å². The highest BCUT2D eigenvalue weighted by atomic mass is 16.6. The van der Waals surface area contributed by atoms with Crippen LogP contribution in [0, 0.1) is 23.2 Å². The van der Waals surface area contributed by atoms with Gasteiger partial charge in [0.25, 0.3) is 0 Å². The molecular formula is C12H18O. The van der Waals surface area contributed by atoms with E-state index in [0.29, 0.717) is 11.5 Å². The third-order valence-electron chi connectivity index (χ3n) is 5.10. The molecule has 5 fully saturated rings. The van der Waals surface area contributed by atoms with Gasteiger partial charge < -0.3 is 4.74 Å². The van der Waals surface area contributed by atoms with Gasteiger partial charge in [-0.1, -0.05) is 0 Å². The molecule has 13 heavy (non-hydrogen) atoms. The minimum Gasteiger partial charge on any atom is -0.373 e. The normalized spacial score (nSPS) is 62.8. The van der Waals surface area contributed by atoms with E-state index < -0.39 is 0 Å². The predicted octanol–water partition coefficient (Wildman–Crippen LogP) is 2.60. The number of epoxide rings is 1. The quantitative estimate of drug-likeness (QED) is 0.562. The Kier molecular flexibility index (Phi) is 1.19. The molecule has 1 heterocycles. The zero-order chi connectivity index (χ0) is 8.47. The largest absolute Gasteiger partial charge is 0.373 e. The van der Waals surface area contributed by atoms with Gasteiger partial charge in [-0.25, -0.2) is 0 Å². The fourth-order valence-electron chi connectivity index (χ4n) is 4.97. The fourth-order valence-corrected chi connectivity index (χ4v) is 4.97. The van der Waals surface area contributed by atoms with Crippen LogP contribution in [0.25, 0.3) is 0 Å². The number of rotatable bonds is 1. The van der Waals surface area contributed by atoms with Crippen molar-refractivity contribution in [2.45, 2.75) is 44.6 Å². The summed E-state index contributed by atoms with van der Waals surface area (Å²) in [5.74, 6) is 3.28. The van der Waals surface area contributed by atoms with Crippen molar-refractivity contribution in [3.63, 3.8) is 0 Å². The molecule has 1 nitrogen and oxygen atoms in total. The molecule has 0 spiro atoms. The van der Waals surface area contributed by atoms with E-state index in [1.165, 1.54) is 19.3 Å². The Labute approximate surface area is 79.8 Å². The van der Waals surface area contributed by atoms with Crippen LogP contribution in [0.4, 0.5) is 0 Å². The SMILES string of the molecule is C1C2CC3CC1CC([C@H]1CO1)(C2)C3.